The maximum absolute atomic E-state index is 12.2. The maximum Gasteiger partial charge on any atom is 0.270 e. The third kappa shape index (κ3) is 2.07. The lowest BCUT2D eigenvalue weighted by molar-refractivity contribution is 0.0299. The Kier molecular flexibility index (Phi) is 2.93. The molecule has 0 saturated carbocycles. The number of aromatic amines is 1. The normalized spacial score (nSPS) is 16.2. The van der Waals surface area contributed by atoms with E-state index < -0.39 is 0 Å². The van der Waals surface area contributed by atoms with Crippen LogP contribution >= 0.6 is 11.6 Å². The van der Waals surface area contributed by atoms with E-state index in [1.54, 1.807) is 17.0 Å². The van der Waals surface area contributed by atoms with Crippen molar-refractivity contribution in [3.05, 3.63) is 29.0 Å². The molecule has 0 bridgehead atoms. The number of pyridine rings is 1. The van der Waals surface area contributed by atoms with Gasteiger partial charge in [-0.25, -0.2) is 4.98 Å². The van der Waals surface area contributed by atoms with Crippen molar-refractivity contribution < 1.29 is 9.53 Å². The van der Waals surface area contributed by atoms with Crippen molar-refractivity contribution in [1.29, 1.82) is 0 Å². The number of hydrogen-bond acceptors (Lipinski definition) is 3. The molecule has 18 heavy (non-hydrogen) atoms. The van der Waals surface area contributed by atoms with E-state index in [0.29, 0.717) is 42.7 Å². The highest BCUT2D eigenvalue weighted by Crippen LogP contribution is 2.17. The largest absolute Gasteiger partial charge is 0.378 e. The van der Waals surface area contributed by atoms with Crippen LogP contribution in [0.3, 0.4) is 0 Å². The number of fused-ring (bicyclic) bond motifs is 1. The second-order valence-corrected chi connectivity index (χ2v) is 4.54. The van der Waals surface area contributed by atoms with Gasteiger partial charge in [-0.1, -0.05) is 11.6 Å². The van der Waals surface area contributed by atoms with Crippen molar-refractivity contribution in [3.8, 4) is 0 Å². The van der Waals surface area contributed by atoms with Gasteiger partial charge >= 0.3 is 0 Å². The van der Waals surface area contributed by atoms with Gasteiger partial charge in [-0.15, -0.1) is 0 Å². The number of carbonyl (C=O) groups is 1. The number of ether oxygens (including phenoxy) is 1. The Balaban J connectivity index is 1.91. The first-order valence-corrected chi connectivity index (χ1v) is 6.14. The van der Waals surface area contributed by atoms with Crippen molar-refractivity contribution in [3.63, 3.8) is 0 Å². The standard InChI is InChI=1S/C12H12ClN3O2/c13-11-2-1-8-9(15-11)7-10(14-8)12(17)16-3-5-18-6-4-16/h1-2,7,14H,3-6H2. The monoisotopic (exact) mass is 265 g/mol. The third-order valence-electron chi connectivity index (χ3n) is 2.97. The van der Waals surface area contributed by atoms with Crippen LogP contribution in [-0.4, -0.2) is 47.1 Å². The highest BCUT2D eigenvalue weighted by molar-refractivity contribution is 6.29. The average molecular weight is 266 g/mol. The second kappa shape index (κ2) is 4.59. The molecule has 1 amide bonds. The molecule has 0 spiro atoms. The van der Waals surface area contributed by atoms with Crippen molar-refractivity contribution in [2.75, 3.05) is 26.3 Å². The fourth-order valence-corrected chi connectivity index (χ4v) is 2.19. The minimum Gasteiger partial charge on any atom is -0.378 e. The Hall–Kier alpha value is -1.59. The number of carbonyl (C=O) groups excluding carboxylic acids is 1. The van der Waals surface area contributed by atoms with Crippen LogP contribution in [0.25, 0.3) is 11.0 Å². The molecule has 2 aromatic rings. The van der Waals surface area contributed by atoms with Gasteiger partial charge in [-0.05, 0) is 18.2 Å². The molecule has 1 aliphatic rings. The molecule has 0 atom stereocenters. The summed E-state index contributed by atoms with van der Waals surface area (Å²) in [6.45, 7) is 2.44. The van der Waals surface area contributed by atoms with Crippen molar-refractivity contribution in [2.45, 2.75) is 0 Å². The molecular formula is C12H12ClN3O2. The molecule has 0 radical (unpaired) electrons. The van der Waals surface area contributed by atoms with Crippen LogP contribution in [0, 0.1) is 0 Å². The van der Waals surface area contributed by atoms with Crippen LogP contribution in [0.15, 0.2) is 18.2 Å². The van der Waals surface area contributed by atoms with Crippen molar-refractivity contribution in [2.24, 2.45) is 0 Å². The quantitative estimate of drug-likeness (QED) is 0.799. The molecule has 1 aliphatic heterocycles. The van der Waals surface area contributed by atoms with Crippen LogP contribution in [0.1, 0.15) is 10.5 Å². The van der Waals surface area contributed by atoms with Crippen LogP contribution < -0.4 is 0 Å². The van der Waals surface area contributed by atoms with E-state index in [4.69, 9.17) is 16.3 Å². The molecule has 1 fully saturated rings. The summed E-state index contributed by atoms with van der Waals surface area (Å²) in [5.41, 5.74) is 2.07. The Bertz CT molecular complexity index is 590. The summed E-state index contributed by atoms with van der Waals surface area (Å²) in [7, 11) is 0. The Morgan fingerprint density at radius 2 is 2.17 bits per heavy atom. The number of nitrogens with zero attached hydrogens (tertiary/aromatic N) is 2. The van der Waals surface area contributed by atoms with E-state index >= 15 is 0 Å². The lowest BCUT2D eigenvalue weighted by Gasteiger charge is -2.26. The molecule has 3 rings (SSSR count). The number of aromatic nitrogens is 2. The van der Waals surface area contributed by atoms with E-state index in [9.17, 15) is 4.79 Å². The highest BCUT2D eigenvalue weighted by atomic mass is 35.5. The summed E-state index contributed by atoms with van der Waals surface area (Å²) in [5.74, 6) is -0.0209. The van der Waals surface area contributed by atoms with E-state index in [1.807, 2.05) is 6.07 Å². The fraction of sp³-hybridized carbons (Fsp3) is 0.333. The summed E-state index contributed by atoms with van der Waals surface area (Å²) >= 11 is 5.82. The molecule has 0 aliphatic carbocycles. The molecule has 94 valence electrons. The Morgan fingerprint density at radius 1 is 1.39 bits per heavy atom. The van der Waals surface area contributed by atoms with Crippen LogP contribution in [0.2, 0.25) is 5.15 Å². The summed E-state index contributed by atoms with van der Waals surface area (Å²) in [6, 6.07) is 5.25. The zero-order valence-corrected chi connectivity index (χ0v) is 10.4. The first-order valence-electron chi connectivity index (χ1n) is 5.76. The number of H-pyrrole nitrogens is 1. The molecule has 1 N–H and O–H groups in total. The number of nitrogens with one attached hydrogen (secondary N) is 1. The van der Waals surface area contributed by atoms with E-state index in [-0.39, 0.29) is 5.91 Å². The first-order chi connectivity index (χ1) is 8.74. The predicted molar refractivity (Wildman–Crippen MR) is 67.8 cm³/mol. The van der Waals surface area contributed by atoms with Gasteiger partial charge in [0.2, 0.25) is 0 Å². The van der Waals surface area contributed by atoms with Gasteiger partial charge < -0.3 is 14.6 Å². The average Bonchev–Trinajstić information content (AvgIpc) is 2.81. The lowest BCUT2D eigenvalue weighted by atomic mass is 10.3. The molecular weight excluding hydrogens is 254 g/mol. The van der Waals surface area contributed by atoms with Gasteiger partial charge in [-0.3, -0.25) is 4.79 Å². The van der Waals surface area contributed by atoms with Gasteiger partial charge in [0.05, 0.1) is 24.2 Å². The predicted octanol–water partition coefficient (Wildman–Crippen LogP) is 1.69. The van der Waals surface area contributed by atoms with Gasteiger partial charge in [0, 0.05) is 13.1 Å². The minimum atomic E-state index is -0.0209. The zero-order valence-electron chi connectivity index (χ0n) is 9.65. The fourth-order valence-electron chi connectivity index (χ4n) is 2.04. The SMILES string of the molecule is O=C(c1cc2nc(Cl)ccc2[nH]1)N1CCOCC1. The van der Waals surface area contributed by atoms with Crippen molar-refractivity contribution in [1.82, 2.24) is 14.9 Å². The van der Waals surface area contributed by atoms with Gasteiger partial charge in [0.1, 0.15) is 10.8 Å². The third-order valence-corrected chi connectivity index (χ3v) is 3.18. The second-order valence-electron chi connectivity index (χ2n) is 4.15. The summed E-state index contributed by atoms with van der Waals surface area (Å²) < 4.78 is 5.23. The van der Waals surface area contributed by atoms with Gasteiger partial charge in [0.25, 0.3) is 5.91 Å². The van der Waals surface area contributed by atoms with E-state index in [2.05, 4.69) is 9.97 Å². The smallest absolute Gasteiger partial charge is 0.270 e. The summed E-state index contributed by atoms with van der Waals surface area (Å²) in [4.78, 5) is 21.2. The molecule has 3 heterocycles. The highest BCUT2D eigenvalue weighted by Gasteiger charge is 2.20. The van der Waals surface area contributed by atoms with Gasteiger partial charge in [-0.2, -0.15) is 0 Å². The van der Waals surface area contributed by atoms with E-state index in [0.717, 1.165) is 5.52 Å². The first kappa shape index (κ1) is 11.5. The minimum absolute atomic E-state index is 0.0209. The number of rotatable bonds is 1. The zero-order chi connectivity index (χ0) is 12.5. The molecule has 2 aromatic heterocycles. The number of hydrogen-bond donors (Lipinski definition) is 1. The molecule has 0 unspecified atom stereocenters. The van der Waals surface area contributed by atoms with Crippen molar-refractivity contribution >= 4 is 28.5 Å². The Labute approximate surface area is 109 Å². The molecule has 0 aromatic carbocycles. The van der Waals surface area contributed by atoms with Gasteiger partial charge in [0.15, 0.2) is 0 Å². The van der Waals surface area contributed by atoms with E-state index in [1.165, 1.54) is 0 Å². The number of morpholine rings is 1. The number of halogens is 1. The van der Waals surface area contributed by atoms with Crippen LogP contribution in [0.5, 0.6) is 0 Å². The molecule has 6 heteroatoms. The summed E-state index contributed by atoms with van der Waals surface area (Å²) in [6.07, 6.45) is 0. The topological polar surface area (TPSA) is 58.2 Å². The Morgan fingerprint density at radius 3 is 2.94 bits per heavy atom. The lowest BCUT2D eigenvalue weighted by Crippen LogP contribution is -2.40. The molecule has 1 saturated heterocycles. The van der Waals surface area contributed by atoms with Crippen LogP contribution in [0.4, 0.5) is 0 Å². The molecule has 5 nitrogen and oxygen atoms in total. The summed E-state index contributed by atoms with van der Waals surface area (Å²) in [5, 5.41) is 0.423. The maximum atomic E-state index is 12.2. The van der Waals surface area contributed by atoms with Crippen LogP contribution in [-0.2, 0) is 4.74 Å². The number of amides is 1.